The Morgan fingerprint density at radius 1 is 1.52 bits per heavy atom. The van der Waals surface area contributed by atoms with E-state index < -0.39 is 6.55 Å². The lowest BCUT2D eigenvalue weighted by Crippen LogP contribution is -2.30. The van der Waals surface area contributed by atoms with Gasteiger partial charge in [-0.1, -0.05) is 0 Å². The van der Waals surface area contributed by atoms with Crippen LogP contribution in [0.3, 0.4) is 0 Å². The number of carbonyl (C=O) groups excluding carboxylic acids is 1. The highest BCUT2D eigenvalue weighted by molar-refractivity contribution is 5.75. The summed E-state index contributed by atoms with van der Waals surface area (Å²) in [6, 6.07) is 0. The monoisotopic (exact) mass is 300 g/mol. The predicted octanol–water partition coefficient (Wildman–Crippen LogP) is 2.02. The number of nitrogens with one attached hydrogen (secondary N) is 1. The molecule has 7 heteroatoms. The maximum absolute atomic E-state index is 12.7. The van der Waals surface area contributed by atoms with Gasteiger partial charge in [0.05, 0.1) is 6.54 Å². The fourth-order valence-corrected chi connectivity index (χ4v) is 2.63. The molecule has 0 unspecified atom stereocenters. The number of piperidine rings is 1. The summed E-state index contributed by atoms with van der Waals surface area (Å²) in [4.78, 5) is 17.4. The fourth-order valence-electron chi connectivity index (χ4n) is 2.63. The molecule has 21 heavy (non-hydrogen) atoms. The Bertz CT molecular complexity index is 458. The second-order valence-corrected chi connectivity index (χ2v) is 5.51. The first-order valence-corrected chi connectivity index (χ1v) is 7.32. The maximum Gasteiger partial charge on any atom is 0.319 e. The highest BCUT2D eigenvalue weighted by atomic mass is 19.3. The minimum atomic E-state index is -2.62. The van der Waals surface area contributed by atoms with Gasteiger partial charge in [0.15, 0.2) is 0 Å². The number of rotatable bonds is 6. The van der Waals surface area contributed by atoms with Crippen molar-refractivity contribution in [2.45, 2.75) is 38.8 Å². The van der Waals surface area contributed by atoms with E-state index in [-0.39, 0.29) is 18.3 Å². The highest BCUT2D eigenvalue weighted by Crippen LogP contribution is 2.19. The van der Waals surface area contributed by atoms with Crippen LogP contribution < -0.4 is 5.32 Å². The number of carbonyl (C=O) groups is 1. The van der Waals surface area contributed by atoms with Crippen molar-refractivity contribution >= 4 is 5.91 Å². The number of imidazole rings is 1. The third-order valence-electron chi connectivity index (χ3n) is 3.99. The Morgan fingerprint density at radius 2 is 2.24 bits per heavy atom. The van der Waals surface area contributed by atoms with Crippen molar-refractivity contribution in [2.75, 3.05) is 20.1 Å². The summed E-state index contributed by atoms with van der Waals surface area (Å²) >= 11 is 0. The van der Waals surface area contributed by atoms with Crippen LogP contribution in [0.4, 0.5) is 8.78 Å². The van der Waals surface area contributed by atoms with Crippen LogP contribution in [-0.2, 0) is 11.3 Å². The molecule has 0 radical (unpaired) electrons. The van der Waals surface area contributed by atoms with E-state index in [1.807, 2.05) is 0 Å². The van der Waals surface area contributed by atoms with Crippen molar-refractivity contribution < 1.29 is 13.6 Å². The normalized spacial score (nSPS) is 16.4. The van der Waals surface area contributed by atoms with Gasteiger partial charge in [0.1, 0.15) is 5.82 Å². The Kier molecular flexibility index (Phi) is 5.67. The summed E-state index contributed by atoms with van der Waals surface area (Å²) in [6.07, 6.45) is 6.10. The smallest absolute Gasteiger partial charge is 0.319 e. The topological polar surface area (TPSA) is 50.2 Å². The highest BCUT2D eigenvalue weighted by Gasteiger charge is 2.18. The molecule has 1 saturated heterocycles. The van der Waals surface area contributed by atoms with Gasteiger partial charge in [0, 0.05) is 25.9 Å². The van der Waals surface area contributed by atoms with Crippen molar-refractivity contribution in [3.63, 3.8) is 0 Å². The van der Waals surface area contributed by atoms with Crippen LogP contribution >= 0.6 is 0 Å². The summed E-state index contributed by atoms with van der Waals surface area (Å²) in [7, 11) is 1.63. The molecule has 1 fully saturated rings. The van der Waals surface area contributed by atoms with Crippen LogP contribution in [-0.4, -0.2) is 40.5 Å². The largest absolute Gasteiger partial charge is 0.338 e. The van der Waals surface area contributed by atoms with Crippen LogP contribution in [0.25, 0.3) is 0 Å². The van der Waals surface area contributed by atoms with Crippen molar-refractivity contribution in [2.24, 2.45) is 5.92 Å². The number of nitrogens with zero attached hydrogens (tertiary/aromatic N) is 3. The summed E-state index contributed by atoms with van der Waals surface area (Å²) in [5, 5.41) is 3.29. The number of amides is 1. The van der Waals surface area contributed by atoms with Crippen molar-refractivity contribution in [1.29, 1.82) is 0 Å². The Morgan fingerprint density at radius 3 is 2.90 bits per heavy atom. The zero-order chi connectivity index (χ0) is 15.2. The molecule has 1 aromatic heterocycles. The summed E-state index contributed by atoms with van der Waals surface area (Å²) in [5.41, 5.74) is 0. The van der Waals surface area contributed by atoms with Crippen LogP contribution in [0.15, 0.2) is 12.4 Å². The summed E-state index contributed by atoms with van der Waals surface area (Å²) in [6.45, 7) is -0.482. The van der Waals surface area contributed by atoms with E-state index in [4.69, 9.17) is 0 Å². The standard InChI is InChI=1S/C14H22F2N4O/c1-19(10-12-18-8-9-20(12)14(15)16)13(21)3-2-11-4-6-17-7-5-11/h8-9,11,14,17H,2-7,10H2,1H3. The molecule has 1 aromatic rings. The van der Waals surface area contributed by atoms with E-state index in [2.05, 4.69) is 10.3 Å². The Balaban J connectivity index is 1.80. The molecule has 2 heterocycles. The van der Waals surface area contributed by atoms with Gasteiger partial charge < -0.3 is 10.2 Å². The first-order chi connectivity index (χ1) is 10.1. The van der Waals surface area contributed by atoms with Gasteiger partial charge in [-0.25, -0.2) is 4.98 Å². The SMILES string of the molecule is CN(Cc1nccn1C(F)F)C(=O)CCC1CCNCC1. The van der Waals surface area contributed by atoms with E-state index in [0.29, 0.717) is 12.3 Å². The molecule has 0 saturated carbocycles. The second kappa shape index (κ2) is 7.49. The lowest BCUT2D eigenvalue weighted by atomic mass is 9.93. The van der Waals surface area contributed by atoms with E-state index in [1.54, 1.807) is 7.05 Å². The molecule has 1 aliphatic rings. The van der Waals surface area contributed by atoms with Crippen LogP contribution in [0, 0.1) is 5.92 Å². The fraction of sp³-hybridized carbons (Fsp3) is 0.714. The molecule has 0 aromatic carbocycles. The third kappa shape index (κ3) is 4.49. The van der Waals surface area contributed by atoms with Gasteiger partial charge in [0.2, 0.25) is 5.91 Å². The maximum atomic E-state index is 12.7. The third-order valence-corrected chi connectivity index (χ3v) is 3.99. The average Bonchev–Trinajstić information content (AvgIpc) is 2.94. The van der Waals surface area contributed by atoms with Gasteiger partial charge in [-0.3, -0.25) is 9.36 Å². The number of halogens is 2. The lowest BCUT2D eigenvalue weighted by Gasteiger charge is -2.23. The molecular weight excluding hydrogens is 278 g/mol. The summed E-state index contributed by atoms with van der Waals surface area (Å²) < 4.78 is 26.2. The van der Waals surface area contributed by atoms with Crippen molar-refractivity contribution in [1.82, 2.24) is 19.8 Å². The van der Waals surface area contributed by atoms with Crippen LogP contribution in [0.2, 0.25) is 0 Å². The molecule has 118 valence electrons. The van der Waals surface area contributed by atoms with Gasteiger partial charge in [-0.2, -0.15) is 8.78 Å². The minimum absolute atomic E-state index is 0.0163. The quantitative estimate of drug-likeness (QED) is 0.874. The van der Waals surface area contributed by atoms with E-state index in [9.17, 15) is 13.6 Å². The van der Waals surface area contributed by atoms with E-state index in [0.717, 1.165) is 36.9 Å². The van der Waals surface area contributed by atoms with Gasteiger partial charge in [-0.15, -0.1) is 0 Å². The van der Waals surface area contributed by atoms with E-state index in [1.165, 1.54) is 17.3 Å². The minimum Gasteiger partial charge on any atom is -0.338 e. The molecule has 1 amide bonds. The zero-order valence-electron chi connectivity index (χ0n) is 12.3. The summed E-state index contributed by atoms with van der Waals surface area (Å²) in [5.74, 6) is 0.784. The molecule has 0 spiro atoms. The second-order valence-electron chi connectivity index (χ2n) is 5.51. The lowest BCUT2D eigenvalue weighted by molar-refractivity contribution is -0.131. The molecule has 0 atom stereocenters. The first-order valence-electron chi connectivity index (χ1n) is 7.32. The molecule has 2 rings (SSSR count). The van der Waals surface area contributed by atoms with Gasteiger partial charge in [-0.05, 0) is 38.3 Å². The zero-order valence-corrected chi connectivity index (χ0v) is 12.3. The predicted molar refractivity (Wildman–Crippen MR) is 74.8 cm³/mol. The molecular formula is C14H22F2N4O. The number of aromatic nitrogens is 2. The first kappa shape index (κ1) is 15.9. The van der Waals surface area contributed by atoms with Crippen LogP contribution in [0.5, 0.6) is 0 Å². The average molecular weight is 300 g/mol. The number of alkyl halides is 2. The molecule has 5 nitrogen and oxygen atoms in total. The van der Waals surface area contributed by atoms with Crippen LogP contribution in [0.1, 0.15) is 38.1 Å². The molecule has 0 bridgehead atoms. The van der Waals surface area contributed by atoms with E-state index >= 15 is 0 Å². The molecule has 1 aliphatic heterocycles. The Labute approximate surface area is 123 Å². The van der Waals surface area contributed by atoms with Crippen molar-refractivity contribution in [3.05, 3.63) is 18.2 Å². The van der Waals surface area contributed by atoms with Gasteiger partial charge in [0.25, 0.3) is 0 Å². The molecule has 0 aliphatic carbocycles. The number of hydrogen-bond donors (Lipinski definition) is 1. The molecule has 1 N–H and O–H groups in total. The van der Waals surface area contributed by atoms with Gasteiger partial charge >= 0.3 is 6.55 Å². The van der Waals surface area contributed by atoms with Crippen molar-refractivity contribution in [3.8, 4) is 0 Å². The number of hydrogen-bond acceptors (Lipinski definition) is 3. The Hall–Kier alpha value is -1.50.